The van der Waals surface area contributed by atoms with Crippen molar-refractivity contribution < 1.29 is 9.47 Å². The van der Waals surface area contributed by atoms with Gasteiger partial charge in [0.25, 0.3) is 0 Å². The third kappa shape index (κ3) is 4.57. The zero-order valence-corrected chi connectivity index (χ0v) is 12.0. The Morgan fingerprint density at radius 3 is 2.65 bits per heavy atom. The number of nitrogens with zero attached hydrogens (tertiary/aromatic N) is 2. The van der Waals surface area contributed by atoms with E-state index >= 15 is 0 Å². The van der Waals surface area contributed by atoms with Gasteiger partial charge in [-0.05, 0) is 22.9 Å². The Morgan fingerprint density at radius 2 is 2.00 bits per heavy atom. The largest absolute Gasteiger partial charge is 0.382 e. The highest BCUT2D eigenvalue weighted by molar-refractivity contribution is 9.10. The molecule has 0 aromatic carbocycles. The Kier molecular flexibility index (Phi) is 6.39. The van der Waals surface area contributed by atoms with Gasteiger partial charge in [0.05, 0.1) is 30.0 Å². The van der Waals surface area contributed by atoms with Crippen LogP contribution in [0.3, 0.4) is 0 Å². The molecule has 1 N–H and O–H groups in total. The third-order valence-corrected chi connectivity index (χ3v) is 3.15. The maximum Gasteiger partial charge on any atom is 0.144 e. The quantitative estimate of drug-likeness (QED) is 0.778. The molecular formula is C11H18BrN3O2. The van der Waals surface area contributed by atoms with Crippen LogP contribution in [-0.4, -0.2) is 43.9 Å². The normalized spacial score (nSPS) is 10.6. The number of methoxy groups -OCH3 is 1. The van der Waals surface area contributed by atoms with Crippen molar-refractivity contribution in [3.8, 4) is 0 Å². The van der Waals surface area contributed by atoms with Gasteiger partial charge in [0.1, 0.15) is 11.6 Å². The number of anilines is 1. The van der Waals surface area contributed by atoms with E-state index in [1.165, 1.54) is 0 Å². The number of ether oxygens (including phenoxy) is 2. The van der Waals surface area contributed by atoms with Crippen LogP contribution < -0.4 is 5.32 Å². The van der Waals surface area contributed by atoms with Gasteiger partial charge in [0.15, 0.2) is 0 Å². The van der Waals surface area contributed by atoms with Gasteiger partial charge in [-0.25, -0.2) is 9.97 Å². The summed E-state index contributed by atoms with van der Waals surface area (Å²) in [5, 5.41) is 3.03. The number of nitrogens with one attached hydrogen (secondary N) is 1. The first-order valence-corrected chi connectivity index (χ1v) is 6.25. The van der Waals surface area contributed by atoms with E-state index in [1.54, 1.807) is 7.11 Å². The fourth-order valence-corrected chi connectivity index (χ4v) is 1.68. The minimum atomic E-state index is 0.602. The lowest BCUT2D eigenvalue weighted by Crippen LogP contribution is -2.09. The number of aromatic nitrogens is 2. The van der Waals surface area contributed by atoms with Crippen LogP contribution in [0, 0.1) is 6.92 Å². The van der Waals surface area contributed by atoms with Crippen LogP contribution in [0.4, 0.5) is 5.82 Å². The Morgan fingerprint density at radius 1 is 1.24 bits per heavy atom. The van der Waals surface area contributed by atoms with Crippen molar-refractivity contribution in [2.45, 2.75) is 13.3 Å². The van der Waals surface area contributed by atoms with E-state index in [9.17, 15) is 0 Å². The first kappa shape index (κ1) is 14.3. The third-order valence-electron chi connectivity index (χ3n) is 2.20. The molecular weight excluding hydrogens is 286 g/mol. The standard InChI is InChI=1S/C11H18BrN3O2/c1-8-10(12)11(13-2)15-9(14-8)4-5-17-7-6-16-3/h4-7H2,1-3H3,(H,13,14,15). The van der Waals surface area contributed by atoms with Crippen LogP contribution in [0.5, 0.6) is 0 Å². The summed E-state index contributed by atoms with van der Waals surface area (Å²) in [5.41, 5.74) is 0.927. The fourth-order valence-electron chi connectivity index (χ4n) is 1.30. The Labute approximate surface area is 110 Å². The second-order valence-electron chi connectivity index (χ2n) is 3.49. The second kappa shape index (κ2) is 7.58. The van der Waals surface area contributed by atoms with Gasteiger partial charge in [0.2, 0.25) is 0 Å². The van der Waals surface area contributed by atoms with E-state index in [0.717, 1.165) is 21.8 Å². The van der Waals surface area contributed by atoms with E-state index in [2.05, 4.69) is 31.2 Å². The van der Waals surface area contributed by atoms with Gasteiger partial charge in [0, 0.05) is 20.6 Å². The SMILES string of the molecule is CNc1nc(CCOCCOC)nc(C)c1Br. The molecule has 0 amide bonds. The van der Waals surface area contributed by atoms with Crippen LogP contribution in [0.2, 0.25) is 0 Å². The number of aryl methyl sites for hydroxylation is 1. The van der Waals surface area contributed by atoms with E-state index in [1.807, 2.05) is 14.0 Å². The number of hydrogen-bond donors (Lipinski definition) is 1. The molecule has 1 rings (SSSR count). The molecule has 0 aliphatic carbocycles. The van der Waals surface area contributed by atoms with Crippen molar-refractivity contribution >= 4 is 21.7 Å². The highest BCUT2D eigenvalue weighted by Crippen LogP contribution is 2.22. The topological polar surface area (TPSA) is 56.3 Å². The van der Waals surface area contributed by atoms with E-state index in [0.29, 0.717) is 26.2 Å². The molecule has 0 unspecified atom stereocenters. The van der Waals surface area contributed by atoms with Gasteiger partial charge >= 0.3 is 0 Å². The Hall–Kier alpha value is -0.720. The lowest BCUT2D eigenvalue weighted by Gasteiger charge is -2.08. The molecule has 0 fully saturated rings. The molecule has 1 aromatic heterocycles. The molecule has 5 nitrogen and oxygen atoms in total. The van der Waals surface area contributed by atoms with Crippen molar-refractivity contribution in [3.63, 3.8) is 0 Å². The number of hydrogen-bond acceptors (Lipinski definition) is 5. The van der Waals surface area contributed by atoms with Crippen molar-refractivity contribution in [1.82, 2.24) is 9.97 Å². The van der Waals surface area contributed by atoms with Crippen molar-refractivity contribution in [3.05, 3.63) is 16.0 Å². The predicted octanol–water partition coefficient (Wildman–Crippen LogP) is 1.79. The minimum Gasteiger partial charge on any atom is -0.382 e. The molecule has 6 heteroatoms. The molecule has 0 saturated heterocycles. The average molecular weight is 304 g/mol. The first-order valence-electron chi connectivity index (χ1n) is 5.46. The molecule has 0 saturated carbocycles. The first-order chi connectivity index (χ1) is 8.19. The minimum absolute atomic E-state index is 0.602. The zero-order chi connectivity index (χ0) is 12.7. The van der Waals surface area contributed by atoms with Gasteiger partial charge < -0.3 is 14.8 Å². The summed E-state index contributed by atoms with van der Waals surface area (Å²) in [5.74, 6) is 1.59. The fraction of sp³-hybridized carbons (Fsp3) is 0.636. The summed E-state index contributed by atoms with van der Waals surface area (Å²) in [6.45, 7) is 3.77. The average Bonchev–Trinajstić information content (AvgIpc) is 2.33. The highest BCUT2D eigenvalue weighted by atomic mass is 79.9. The number of rotatable bonds is 7. The Bertz CT molecular complexity index is 361. The van der Waals surface area contributed by atoms with Crippen molar-refractivity contribution in [1.29, 1.82) is 0 Å². The summed E-state index contributed by atoms with van der Waals surface area (Å²) in [7, 11) is 3.50. The van der Waals surface area contributed by atoms with Gasteiger partial charge in [-0.3, -0.25) is 0 Å². The van der Waals surface area contributed by atoms with Crippen LogP contribution in [0.15, 0.2) is 4.47 Å². The summed E-state index contributed by atoms with van der Waals surface area (Å²) < 4.78 is 11.2. The van der Waals surface area contributed by atoms with Crippen molar-refractivity contribution in [2.75, 3.05) is 39.3 Å². The Balaban J connectivity index is 2.51. The summed E-state index contributed by atoms with van der Waals surface area (Å²) in [6, 6.07) is 0. The molecule has 17 heavy (non-hydrogen) atoms. The molecule has 1 aromatic rings. The van der Waals surface area contributed by atoms with Crippen LogP contribution in [0.1, 0.15) is 11.5 Å². The van der Waals surface area contributed by atoms with E-state index in [-0.39, 0.29) is 0 Å². The molecule has 0 aliphatic heterocycles. The van der Waals surface area contributed by atoms with Gasteiger partial charge in [-0.15, -0.1) is 0 Å². The van der Waals surface area contributed by atoms with E-state index in [4.69, 9.17) is 9.47 Å². The van der Waals surface area contributed by atoms with Crippen LogP contribution in [0.25, 0.3) is 0 Å². The van der Waals surface area contributed by atoms with Crippen LogP contribution in [-0.2, 0) is 15.9 Å². The molecule has 96 valence electrons. The zero-order valence-electron chi connectivity index (χ0n) is 10.4. The molecule has 0 spiro atoms. The maximum absolute atomic E-state index is 5.38. The second-order valence-corrected chi connectivity index (χ2v) is 4.29. The predicted molar refractivity (Wildman–Crippen MR) is 70.4 cm³/mol. The molecule has 1 heterocycles. The summed E-state index contributed by atoms with van der Waals surface area (Å²) >= 11 is 3.44. The highest BCUT2D eigenvalue weighted by Gasteiger charge is 2.07. The molecule has 0 atom stereocenters. The van der Waals surface area contributed by atoms with E-state index < -0.39 is 0 Å². The van der Waals surface area contributed by atoms with Crippen molar-refractivity contribution in [2.24, 2.45) is 0 Å². The molecule has 0 aliphatic rings. The van der Waals surface area contributed by atoms with Gasteiger partial charge in [-0.1, -0.05) is 0 Å². The summed E-state index contributed by atoms with van der Waals surface area (Å²) in [6.07, 6.45) is 0.701. The lowest BCUT2D eigenvalue weighted by atomic mass is 10.3. The monoisotopic (exact) mass is 303 g/mol. The molecule has 0 radical (unpaired) electrons. The lowest BCUT2D eigenvalue weighted by molar-refractivity contribution is 0.0716. The smallest absolute Gasteiger partial charge is 0.144 e. The number of halogens is 1. The summed E-state index contributed by atoms with van der Waals surface area (Å²) in [4.78, 5) is 8.78. The van der Waals surface area contributed by atoms with Gasteiger partial charge in [-0.2, -0.15) is 0 Å². The molecule has 0 bridgehead atoms. The van der Waals surface area contributed by atoms with Crippen LogP contribution >= 0.6 is 15.9 Å². The maximum atomic E-state index is 5.38.